The van der Waals surface area contributed by atoms with E-state index in [1.165, 1.54) is 6.42 Å². The summed E-state index contributed by atoms with van der Waals surface area (Å²) in [5, 5.41) is 14.2. The highest BCUT2D eigenvalue weighted by atomic mass is 16.5. The third-order valence-electron chi connectivity index (χ3n) is 5.72. The molecule has 1 saturated heterocycles. The molecule has 6 heteroatoms. The minimum Gasteiger partial charge on any atom is -0.486 e. The van der Waals surface area contributed by atoms with Crippen LogP contribution >= 0.6 is 0 Å². The number of aromatic nitrogens is 1. The lowest BCUT2D eigenvalue weighted by atomic mass is 10.0. The van der Waals surface area contributed by atoms with Gasteiger partial charge in [0.15, 0.2) is 0 Å². The SMILES string of the molecule is O=C(N[C@@H]1C[C@@H](Oc2cccnc2)[C@H](O)[C@H]1N1CCCCC1)c1ccccc1. The first-order valence-corrected chi connectivity index (χ1v) is 10.1. The molecule has 2 heterocycles. The normalized spacial score (nSPS) is 28.0. The van der Waals surface area contributed by atoms with Gasteiger partial charge in [-0.2, -0.15) is 0 Å². The van der Waals surface area contributed by atoms with Crippen LogP contribution in [0, 0.1) is 0 Å². The van der Waals surface area contributed by atoms with Crippen LogP contribution < -0.4 is 10.1 Å². The molecular formula is C22H27N3O3. The number of benzene rings is 1. The molecule has 4 atom stereocenters. The molecule has 1 aliphatic heterocycles. The average molecular weight is 381 g/mol. The first-order valence-electron chi connectivity index (χ1n) is 10.1. The Hall–Kier alpha value is -2.44. The molecule has 2 N–H and O–H groups in total. The number of amides is 1. The zero-order chi connectivity index (χ0) is 19.3. The van der Waals surface area contributed by atoms with Gasteiger partial charge in [-0.15, -0.1) is 0 Å². The Kier molecular flexibility index (Phi) is 5.88. The summed E-state index contributed by atoms with van der Waals surface area (Å²) >= 11 is 0. The van der Waals surface area contributed by atoms with Crippen LogP contribution in [0.3, 0.4) is 0 Å². The van der Waals surface area contributed by atoms with Crippen LogP contribution in [0.15, 0.2) is 54.9 Å². The molecule has 0 spiro atoms. The second-order valence-corrected chi connectivity index (χ2v) is 7.60. The zero-order valence-corrected chi connectivity index (χ0v) is 15.9. The zero-order valence-electron chi connectivity index (χ0n) is 15.9. The lowest BCUT2D eigenvalue weighted by Gasteiger charge is -2.37. The van der Waals surface area contributed by atoms with Gasteiger partial charge in [0, 0.05) is 18.2 Å². The van der Waals surface area contributed by atoms with E-state index in [4.69, 9.17) is 4.74 Å². The van der Waals surface area contributed by atoms with Crippen molar-refractivity contribution in [3.63, 3.8) is 0 Å². The van der Waals surface area contributed by atoms with E-state index < -0.39 is 6.10 Å². The summed E-state index contributed by atoms with van der Waals surface area (Å²) in [6.45, 7) is 1.89. The molecule has 1 saturated carbocycles. The lowest BCUT2D eigenvalue weighted by Crippen LogP contribution is -2.54. The van der Waals surface area contributed by atoms with E-state index in [2.05, 4.69) is 15.2 Å². The molecule has 0 unspecified atom stereocenters. The van der Waals surface area contributed by atoms with Gasteiger partial charge >= 0.3 is 0 Å². The maximum Gasteiger partial charge on any atom is 0.251 e. The maximum atomic E-state index is 12.7. The average Bonchev–Trinajstić information content (AvgIpc) is 3.04. The van der Waals surface area contributed by atoms with Crippen LogP contribution in [0.5, 0.6) is 5.75 Å². The number of hydrogen-bond acceptors (Lipinski definition) is 5. The van der Waals surface area contributed by atoms with Crippen LogP contribution in [0.2, 0.25) is 0 Å². The van der Waals surface area contributed by atoms with Gasteiger partial charge < -0.3 is 15.2 Å². The number of carbonyl (C=O) groups is 1. The van der Waals surface area contributed by atoms with Crippen molar-refractivity contribution in [2.24, 2.45) is 0 Å². The fourth-order valence-corrected chi connectivity index (χ4v) is 4.37. The van der Waals surface area contributed by atoms with Crippen LogP contribution in [-0.4, -0.2) is 58.3 Å². The van der Waals surface area contributed by atoms with Crippen molar-refractivity contribution in [3.8, 4) is 5.75 Å². The third-order valence-corrected chi connectivity index (χ3v) is 5.72. The quantitative estimate of drug-likeness (QED) is 0.831. The monoisotopic (exact) mass is 381 g/mol. The predicted molar refractivity (Wildman–Crippen MR) is 106 cm³/mol. The van der Waals surface area contributed by atoms with Crippen molar-refractivity contribution in [1.29, 1.82) is 0 Å². The molecule has 6 nitrogen and oxygen atoms in total. The van der Waals surface area contributed by atoms with Crippen LogP contribution in [0.25, 0.3) is 0 Å². The van der Waals surface area contributed by atoms with E-state index in [0.717, 1.165) is 25.9 Å². The highest BCUT2D eigenvalue weighted by molar-refractivity contribution is 5.94. The topological polar surface area (TPSA) is 74.7 Å². The number of ether oxygens (including phenoxy) is 1. The number of hydrogen-bond donors (Lipinski definition) is 2. The van der Waals surface area contributed by atoms with Crippen LogP contribution in [-0.2, 0) is 0 Å². The van der Waals surface area contributed by atoms with E-state index in [0.29, 0.717) is 17.7 Å². The fraction of sp³-hybridized carbons (Fsp3) is 0.455. The highest BCUT2D eigenvalue weighted by Gasteiger charge is 2.47. The largest absolute Gasteiger partial charge is 0.486 e. The number of nitrogens with zero attached hydrogens (tertiary/aromatic N) is 2. The minimum absolute atomic E-state index is 0.109. The second kappa shape index (κ2) is 8.71. The molecule has 148 valence electrons. The van der Waals surface area contributed by atoms with Crippen molar-refractivity contribution >= 4 is 5.91 Å². The standard InChI is InChI=1S/C22H27N3O3/c26-21-19(28-17-10-7-11-23-15-17)14-18(20(21)25-12-5-2-6-13-25)24-22(27)16-8-3-1-4-9-16/h1,3-4,7-11,15,18-21,26H,2,5-6,12-14H2,(H,24,27)/t18-,19-,20+,21+/m1/s1. The van der Waals surface area contributed by atoms with E-state index in [1.54, 1.807) is 24.5 Å². The number of pyridine rings is 1. The molecule has 28 heavy (non-hydrogen) atoms. The molecule has 2 fully saturated rings. The predicted octanol–water partition coefficient (Wildman–Crippen LogP) is 2.25. The molecule has 0 bridgehead atoms. The Bertz CT molecular complexity index is 765. The molecule has 1 aromatic heterocycles. The van der Waals surface area contributed by atoms with Crippen molar-refractivity contribution in [2.75, 3.05) is 13.1 Å². The van der Waals surface area contributed by atoms with E-state index in [1.807, 2.05) is 30.3 Å². The molecule has 1 aromatic carbocycles. The number of nitrogens with one attached hydrogen (secondary N) is 1. The summed E-state index contributed by atoms with van der Waals surface area (Å²) in [6.07, 6.45) is 6.33. The molecule has 2 aliphatic rings. The van der Waals surface area contributed by atoms with Gasteiger partial charge in [0.25, 0.3) is 5.91 Å². The van der Waals surface area contributed by atoms with Crippen LogP contribution in [0.4, 0.5) is 0 Å². The Morgan fingerprint density at radius 2 is 1.89 bits per heavy atom. The minimum atomic E-state index is -0.667. The Morgan fingerprint density at radius 3 is 2.61 bits per heavy atom. The lowest BCUT2D eigenvalue weighted by molar-refractivity contribution is 0.00136. The number of piperidine rings is 1. The van der Waals surface area contributed by atoms with Crippen molar-refractivity contribution in [2.45, 2.75) is 50.0 Å². The molecule has 1 aliphatic carbocycles. The van der Waals surface area contributed by atoms with Gasteiger partial charge in [-0.05, 0) is 50.2 Å². The number of aliphatic hydroxyl groups is 1. The van der Waals surface area contributed by atoms with Crippen LogP contribution in [0.1, 0.15) is 36.0 Å². The second-order valence-electron chi connectivity index (χ2n) is 7.60. The molecule has 2 aromatic rings. The van der Waals surface area contributed by atoms with Gasteiger partial charge in [0.1, 0.15) is 18.0 Å². The Morgan fingerprint density at radius 1 is 1.11 bits per heavy atom. The summed E-state index contributed by atoms with van der Waals surface area (Å²) in [5.41, 5.74) is 0.631. The summed E-state index contributed by atoms with van der Waals surface area (Å²) in [7, 11) is 0. The molecule has 4 rings (SSSR count). The van der Waals surface area contributed by atoms with Crippen molar-refractivity contribution < 1.29 is 14.6 Å². The summed E-state index contributed by atoms with van der Waals surface area (Å²) in [4.78, 5) is 19.1. The smallest absolute Gasteiger partial charge is 0.251 e. The van der Waals surface area contributed by atoms with Gasteiger partial charge in [0.05, 0.1) is 18.3 Å². The fourth-order valence-electron chi connectivity index (χ4n) is 4.37. The summed E-state index contributed by atoms with van der Waals surface area (Å²) in [5.74, 6) is 0.529. The van der Waals surface area contributed by atoms with E-state index in [-0.39, 0.29) is 24.1 Å². The van der Waals surface area contributed by atoms with E-state index >= 15 is 0 Å². The number of carbonyl (C=O) groups excluding carboxylic acids is 1. The first kappa shape index (κ1) is 18.9. The molecule has 0 radical (unpaired) electrons. The molecular weight excluding hydrogens is 354 g/mol. The summed E-state index contributed by atoms with van der Waals surface area (Å²) in [6, 6.07) is 12.6. The third kappa shape index (κ3) is 4.18. The number of likely N-dealkylation sites (tertiary alicyclic amines) is 1. The summed E-state index contributed by atoms with van der Waals surface area (Å²) < 4.78 is 6.04. The molecule has 1 amide bonds. The Balaban J connectivity index is 1.52. The Labute approximate surface area is 165 Å². The highest BCUT2D eigenvalue weighted by Crippen LogP contribution is 2.31. The van der Waals surface area contributed by atoms with E-state index in [9.17, 15) is 9.90 Å². The van der Waals surface area contributed by atoms with Gasteiger partial charge in [0.2, 0.25) is 0 Å². The number of aliphatic hydroxyl groups excluding tert-OH is 1. The van der Waals surface area contributed by atoms with Gasteiger partial charge in [-0.25, -0.2) is 0 Å². The van der Waals surface area contributed by atoms with Crippen molar-refractivity contribution in [1.82, 2.24) is 15.2 Å². The van der Waals surface area contributed by atoms with Crippen molar-refractivity contribution in [3.05, 3.63) is 60.4 Å². The number of rotatable bonds is 5. The van der Waals surface area contributed by atoms with Gasteiger partial charge in [-0.3, -0.25) is 14.7 Å². The van der Waals surface area contributed by atoms with Gasteiger partial charge in [-0.1, -0.05) is 24.6 Å². The maximum absolute atomic E-state index is 12.7. The first-order chi connectivity index (χ1) is 13.7.